The van der Waals surface area contributed by atoms with Gasteiger partial charge in [-0.2, -0.15) is 0 Å². The van der Waals surface area contributed by atoms with E-state index in [2.05, 4.69) is 14.7 Å². The van der Waals surface area contributed by atoms with Crippen LogP contribution in [0.1, 0.15) is 24.8 Å². The molecule has 2 saturated heterocycles. The maximum atomic E-state index is 13.2. The van der Waals surface area contributed by atoms with Gasteiger partial charge in [-0.15, -0.1) is 0 Å². The highest BCUT2D eigenvalue weighted by Crippen LogP contribution is 2.23. The van der Waals surface area contributed by atoms with E-state index in [9.17, 15) is 9.18 Å². The van der Waals surface area contributed by atoms with Gasteiger partial charge in [0, 0.05) is 57.4 Å². The van der Waals surface area contributed by atoms with Crippen LogP contribution in [0.5, 0.6) is 5.75 Å². The van der Waals surface area contributed by atoms with Crippen molar-refractivity contribution in [3.63, 3.8) is 0 Å². The molecule has 0 aromatic heterocycles. The van der Waals surface area contributed by atoms with Gasteiger partial charge in [0.15, 0.2) is 0 Å². The number of rotatable bonds is 6. The highest BCUT2D eigenvalue weighted by atomic mass is 19.1. The number of methoxy groups -OCH3 is 1. The van der Waals surface area contributed by atoms with Gasteiger partial charge < -0.3 is 14.5 Å². The van der Waals surface area contributed by atoms with E-state index in [-0.39, 0.29) is 11.7 Å². The smallest absolute Gasteiger partial charge is 0.222 e. The maximum absolute atomic E-state index is 13.2. The van der Waals surface area contributed by atoms with Gasteiger partial charge in [-0.1, -0.05) is 18.2 Å². The molecule has 2 aromatic carbocycles. The minimum absolute atomic E-state index is 0.194. The fraction of sp³-hybridized carbons (Fsp3) is 0.480. The lowest BCUT2D eigenvalue weighted by molar-refractivity contribution is -0.133. The molecule has 6 heteroatoms. The number of piperazine rings is 1. The first-order valence-electron chi connectivity index (χ1n) is 11.3. The molecule has 5 nitrogen and oxygen atoms in total. The first-order chi connectivity index (χ1) is 15.1. The van der Waals surface area contributed by atoms with Crippen LogP contribution in [-0.2, 0) is 11.2 Å². The van der Waals surface area contributed by atoms with Crippen LogP contribution >= 0.6 is 0 Å². The lowest BCUT2D eigenvalue weighted by atomic mass is 10.0. The van der Waals surface area contributed by atoms with E-state index in [4.69, 9.17) is 4.74 Å². The zero-order chi connectivity index (χ0) is 21.6. The number of anilines is 1. The van der Waals surface area contributed by atoms with Gasteiger partial charge in [0.1, 0.15) is 11.6 Å². The molecule has 1 unspecified atom stereocenters. The largest absolute Gasteiger partial charge is 0.496 e. The quantitative estimate of drug-likeness (QED) is 0.709. The molecule has 2 fully saturated rings. The molecule has 2 aliphatic heterocycles. The number of carbonyl (C=O) groups is 1. The summed E-state index contributed by atoms with van der Waals surface area (Å²) in [5, 5.41) is 0. The summed E-state index contributed by atoms with van der Waals surface area (Å²) in [7, 11) is 1.67. The van der Waals surface area contributed by atoms with Crippen LogP contribution in [0.4, 0.5) is 10.1 Å². The minimum Gasteiger partial charge on any atom is -0.496 e. The number of halogens is 1. The van der Waals surface area contributed by atoms with Crippen LogP contribution in [-0.4, -0.2) is 68.1 Å². The third kappa shape index (κ3) is 5.37. The zero-order valence-corrected chi connectivity index (χ0v) is 18.3. The Balaban J connectivity index is 1.27. The summed E-state index contributed by atoms with van der Waals surface area (Å²) < 4.78 is 18.6. The Labute approximate surface area is 184 Å². The van der Waals surface area contributed by atoms with Crippen molar-refractivity contribution < 1.29 is 13.9 Å². The number of likely N-dealkylation sites (tertiary alicyclic amines) is 1. The van der Waals surface area contributed by atoms with Gasteiger partial charge in [-0.05, 0) is 55.2 Å². The van der Waals surface area contributed by atoms with Gasteiger partial charge in [0.2, 0.25) is 5.91 Å². The number of benzene rings is 2. The van der Waals surface area contributed by atoms with E-state index in [1.165, 1.54) is 12.1 Å². The number of carbonyl (C=O) groups excluding carboxylic acids is 1. The summed E-state index contributed by atoms with van der Waals surface area (Å²) in [5.41, 5.74) is 2.17. The van der Waals surface area contributed by atoms with Gasteiger partial charge in [0.25, 0.3) is 0 Å². The SMILES string of the molecule is COc1ccccc1CCC(=O)N1CCCC(N2CCN(c3ccc(F)cc3)CC2)C1. The number of hydrogen-bond acceptors (Lipinski definition) is 4. The van der Waals surface area contributed by atoms with Crippen molar-refractivity contribution in [3.8, 4) is 5.75 Å². The van der Waals surface area contributed by atoms with E-state index in [0.717, 1.165) is 69.1 Å². The molecule has 0 saturated carbocycles. The molecule has 2 aromatic rings. The number of nitrogens with zero attached hydrogens (tertiary/aromatic N) is 3. The summed E-state index contributed by atoms with van der Waals surface area (Å²) in [4.78, 5) is 19.8. The normalized spacial score (nSPS) is 20.0. The topological polar surface area (TPSA) is 36.0 Å². The second-order valence-corrected chi connectivity index (χ2v) is 8.45. The van der Waals surface area contributed by atoms with Gasteiger partial charge in [0.05, 0.1) is 7.11 Å². The lowest BCUT2D eigenvalue weighted by Gasteiger charge is -2.44. The molecule has 166 valence electrons. The van der Waals surface area contributed by atoms with Crippen LogP contribution in [0.3, 0.4) is 0 Å². The van der Waals surface area contributed by atoms with E-state index in [1.54, 1.807) is 7.11 Å². The molecular weight excluding hydrogens is 393 g/mol. The molecular formula is C25H32FN3O2. The van der Waals surface area contributed by atoms with E-state index in [1.807, 2.05) is 36.4 Å². The first-order valence-corrected chi connectivity index (χ1v) is 11.3. The number of amides is 1. The van der Waals surface area contributed by atoms with Crippen molar-refractivity contribution in [3.05, 3.63) is 59.9 Å². The second-order valence-electron chi connectivity index (χ2n) is 8.45. The van der Waals surface area contributed by atoms with E-state index in [0.29, 0.717) is 18.9 Å². The number of ether oxygens (including phenoxy) is 1. The van der Waals surface area contributed by atoms with Crippen molar-refractivity contribution in [1.29, 1.82) is 0 Å². The van der Waals surface area contributed by atoms with Crippen LogP contribution in [0, 0.1) is 5.82 Å². The lowest BCUT2D eigenvalue weighted by Crippen LogP contribution is -2.55. The summed E-state index contributed by atoms with van der Waals surface area (Å²) in [6, 6.07) is 15.1. The molecule has 4 rings (SSSR count). The number of piperidine rings is 1. The molecule has 31 heavy (non-hydrogen) atoms. The standard InChI is InChI=1S/C25H32FN3O2/c1-31-24-7-3-2-5-20(24)8-13-25(30)29-14-4-6-23(19-29)28-17-15-27(16-18-28)22-11-9-21(26)10-12-22/h2-3,5,7,9-12,23H,4,6,8,13-19H2,1H3. The molecule has 0 spiro atoms. The molecule has 0 aliphatic carbocycles. The van der Waals surface area contributed by atoms with Crippen LogP contribution < -0.4 is 9.64 Å². The van der Waals surface area contributed by atoms with Crippen molar-refractivity contribution >= 4 is 11.6 Å². The van der Waals surface area contributed by atoms with Gasteiger partial charge in [-0.3, -0.25) is 9.69 Å². The predicted octanol–water partition coefficient (Wildman–Crippen LogP) is 3.58. The Hall–Kier alpha value is -2.60. The molecule has 0 N–H and O–H groups in total. The third-order valence-corrected chi connectivity index (χ3v) is 6.57. The Morgan fingerprint density at radius 1 is 1.03 bits per heavy atom. The highest BCUT2D eigenvalue weighted by molar-refractivity contribution is 5.76. The fourth-order valence-corrected chi connectivity index (χ4v) is 4.79. The van der Waals surface area contributed by atoms with Gasteiger partial charge in [-0.25, -0.2) is 4.39 Å². The van der Waals surface area contributed by atoms with Crippen molar-refractivity contribution in [1.82, 2.24) is 9.80 Å². The average molecular weight is 426 g/mol. The Morgan fingerprint density at radius 3 is 2.52 bits per heavy atom. The van der Waals surface area contributed by atoms with Crippen LogP contribution in [0.15, 0.2) is 48.5 Å². The van der Waals surface area contributed by atoms with Crippen molar-refractivity contribution in [2.45, 2.75) is 31.7 Å². The Morgan fingerprint density at radius 2 is 1.77 bits per heavy atom. The van der Waals surface area contributed by atoms with E-state index >= 15 is 0 Å². The summed E-state index contributed by atoms with van der Waals surface area (Å²) in [6.07, 6.45) is 3.43. The monoisotopic (exact) mass is 425 g/mol. The zero-order valence-electron chi connectivity index (χ0n) is 18.3. The average Bonchev–Trinajstić information content (AvgIpc) is 2.83. The number of hydrogen-bond donors (Lipinski definition) is 0. The van der Waals surface area contributed by atoms with E-state index < -0.39 is 0 Å². The van der Waals surface area contributed by atoms with Gasteiger partial charge >= 0.3 is 0 Å². The maximum Gasteiger partial charge on any atom is 0.222 e. The summed E-state index contributed by atoms with van der Waals surface area (Å²) in [5.74, 6) is 0.895. The van der Waals surface area contributed by atoms with Crippen LogP contribution in [0.2, 0.25) is 0 Å². The summed E-state index contributed by atoms with van der Waals surface area (Å²) in [6.45, 7) is 5.50. The molecule has 1 amide bonds. The summed E-state index contributed by atoms with van der Waals surface area (Å²) >= 11 is 0. The van der Waals surface area contributed by atoms with Crippen LogP contribution in [0.25, 0.3) is 0 Å². The second kappa shape index (κ2) is 10.1. The Kier molecular flexibility index (Phi) is 7.07. The highest BCUT2D eigenvalue weighted by Gasteiger charge is 2.30. The number of aryl methyl sites for hydroxylation is 1. The minimum atomic E-state index is -0.194. The molecule has 1 atom stereocenters. The third-order valence-electron chi connectivity index (χ3n) is 6.57. The molecule has 2 aliphatic rings. The molecule has 2 heterocycles. The Bertz CT molecular complexity index is 865. The molecule has 0 bridgehead atoms. The fourth-order valence-electron chi connectivity index (χ4n) is 4.79. The predicted molar refractivity (Wildman–Crippen MR) is 121 cm³/mol. The molecule has 0 radical (unpaired) electrons. The van der Waals surface area contributed by atoms with Crippen molar-refractivity contribution in [2.75, 3.05) is 51.3 Å². The number of para-hydroxylation sites is 1. The van der Waals surface area contributed by atoms with Crippen molar-refractivity contribution in [2.24, 2.45) is 0 Å². The first kappa shape index (κ1) is 21.6.